The van der Waals surface area contributed by atoms with Gasteiger partial charge in [0.1, 0.15) is 17.9 Å². The van der Waals surface area contributed by atoms with E-state index in [-0.39, 0.29) is 39.8 Å². The van der Waals surface area contributed by atoms with Gasteiger partial charge in [0, 0.05) is 62.1 Å². The van der Waals surface area contributed by atoms with Crippen LogP contribution < -0.4 is 36.7 Å². The number of halogens is 2. The van der Waals surface area contributed by atoms with Crippen molar-refractivity contribution >= 4 is 29.1 Å². The molecule has 12 nitrogen and oxygen atoms in total. The molecule has 2 aliphatic rings. The van der Waals surface area contributed by atoms with Gasteiger partial charge in [-0.05, 0) is 12.5 Å². The Kier molecular flexibility index (Phi) is 8.36. The molecular formula is C32H30ClFN6O6. The molecule has 1 fully saturated rings. The van der Waals surface area contributed by atoms with Crippen molar-refractivity contribution in [2.75, 3.05) is 25.6 Å². The van der Waals surface area contributed by atoms with Crippen LogP contribution in [0.1, 0.15) is 34.8 Å². The highest BCUT2D eigenvalue weighted by atomic mass is 35.5. The number of anilines is 1. The number of nitrogens with one attached hydrogen (secondary N) is 3. The molecule has 2 atom stereocenters. The third kappa shape index (κ3) is 5.63. The van der Waals surface area contributed by atoms with Gasteiger partial charge in [0.2, 0.25) is 11.8 Å². The first-order valence-electron chi connectivity index (χ1n) is 14.5. The number of carbonyl (C=O) groups is 2. The first-order chi connectivity index (χ1) is 22.1. The summed E-state index contributed by atoms with van der Waals surface area (Å²) in [6.07, 6.45) is 2.39. The number of rotatable bonds is 8. The van der Waals surface area contributed by atoms with Gasteiger partial charge in [-0.3, -0.25) is 19.0 Å². The molecule has 238 valence electrons. The lowest BCUT2D eigenvalue weighted by molar-refractivity contribution is -0.119. The van der Waals surface area contributed by atoms with Crippen LogP contribution in [-0.4, -0.2) is 52.2 Å². The number of amides is 2. The second-order valence-electron chi connectivity index (χ2n) is 11.1. The minimum Gasteiger partial charge on any atom is -0.491 e. The van der Waals surface area contributed by atoms with Crippen LogP contribution in [0.3, 0.4) is 0 Å². The molecular weight excluding hydrogens is 619 g/mol. The largest absolute Gasteiger partial charge is 0.491 e. The van der Waals surface area contributed by atoms with E-state index in [0.29, 0.717) is 48.0 Å². The number of ether oxygens (including phenoxy) is 2. The van der Waals surface area contributed by atoms with Gasteiger partial charge in [-0.15, -0.1) is 0 Å². The molecule has 46 heavy (non-hydrogen) atoms. The maximum Gasteiger partial charge on any atom is 0.330 e. The number of aromatic nitrogens is 3. The van der Waals surface area contributed by atoms with E-state index in [1.54, 1.807) is 30.3 Å². The summed E-state index contributed by atoms with van der Waals surface area (Å²) in [6.45, 7) is 0.922. The highest BCUT2D eigenvalue weighted by Gasteiger charge is 2.32. The third-order valence-corrected chi connectivity index (χ3v) is 8.54. The van der Waals surface area contributed by atoms with Gasteiger partial charge in [-0.1, -0.05) is 41.9 Å². The second kappa shape index (κ2) is 12.4. The smallest absolute Gasteiger partial charge is 0.330 e. The molecule has 0 radical (unpaired) electrons. The van der Waals surface area contributed by atoms with Crippen molar-refractivity contribution in [3.05, 3.63) is 91.5 Å². The van der Waals surface area contributed by atoms with E-state index < -0.39 is 23.0 Å². The zero-order valence-corrected chi connectivity index (χ0v) is 25.9. The van der Waals surface area contributed by atoms with Crippen molar-refractivity contribution in [3.63, 3.8) is 0 Å². The molecule has 2 aliphatic heterocycles. The number of nitrogens with zero attached hydrogens (tertiary/aromatic N) is 3. The van der Waals surface area contributed by atoms with Crippen molar-refractivity contribution in [1.82, 2.24) is 24.8 Å². The van der Waals surface area contributed by atoms with E-state index in [1.807, 2.05) is 0 Å². The summed E-state index contributed by atoms with van der Waals surface area (Å²) in [4.78, 5) is 53.8. The molecule has 2 unspecified atom stereocenters. The average molecular weight is 649 g/mol. The summed E-state index contributed by atoms with van der Waals surface area (Å²) in [6, 6.07) is 11.1. The monoisotopic (exact) mass is 648 g/mol. The average Bonchev–Trinajstić information content (AvgIpc) is 3.66. The van der Waals surface area contributed by atoms with Crippen LogP contribution in [0.2, 0.25) is 5.02 Å². The number of aryl methyl sites for hydroxylation is 1. The lowest BCUT2D eigenvalue weighted by Crippen LogP contribution is -2.40. The SMILES string of the molecule is COc1nc(-c2cccc(-c3cccc(NC(=O)c4cn(C)c(=O)n(C)c4=O)c3F)c2Cl)cc2c1C(NCC1CCC(=O)N1)CO2. The Morgan fingerprint density at radius 3 is 2.63 bits per heavy atom. The maximum absolute atomic E-state index is 15.9. The quantitative estimate of drug-likeness (QED) is 0.264. The van der Waals surface area contributed by atoms with Crippen molar-refractivity contribution < 1.29 is 23.5 Å². The highest BCUT2D eigenvalue weighted by Crippen LogP contribution is 2.44. The number of methoxy groups -OCH3 is 1. The Bertz CT molecular complexity index is 2010. The minimum absolute atomic E-state index is 0.0441. The Morgan fingerprint density at radius 2 is 1.89 bits per heavy atom. The molecule has 3 N–H and O–H groups in total. The summed E-state index contributed by atoms with van der Waals surface area (Å²) >= 11 is 6.88. The van der Waals surface area contributed by atoms with Gasteiger partial charge in [0.25, 0.3) is 11.5 Å². The zero-order valence-electron chi connectivity index (χ0n) is 25.1. The number of pyridine rings is 1. The first kappa shape index (κ1) is 31.0. The van der Waals surface area contributed by atoms with Gasteiger partial charge in [-0.25, -0.2) is 14.2 Å². The number of hydrogen-bond donors (Lipinski definition) is 3. The predicted molar refractivity (Wildman–Crippen MR) is 169 cm³/mol. The summed E-state index contributed by atoms with van der Waals surface area (Å²) in [5.74, 6) is -0.687. The predicted octanol–water partition coefficient (Wildman–Crippen LogP) is 3.17. The van der Waals surface area contributed by atoms with Gasteiger partial charge in [-0.2, -0.15) is 0 Å². The van der Waals surface area contributed by atoms with Crippen LogP contribution in [0.5, 0.6) is 11.6 Å². The Labute approximate surface area is 267 Å². The molecule has 6 rings (SSSR count). The van der Waals surface area contributed by atoms with Crippen LogP contribution in [0.15, 0.2) is 58.3 Å². The van der Waals surface area contributed by atoms with E-state index in [0.717, 1.165) is 27.3 Å². The summed E-state index contributed by atoms with van der Waals surface area (Å²) in [5, 5.41) is 9.02. The minimum atomic E-state index is -0.873. The molecule has 0 saturated carbocycles. The Morgan fingerprint density at radius 1 is 1.15 bits per heavy atom. The van der Waals surface area contributed by atoms with Gasteiger partial charge in [0.05, 0.1) is 35.1 Å². The van der Waals surface area contributed by atoms with E-state index in [4.69, 9.17) is 26.1 Å². The zero-order chi connectivity index (χ0) is 32.7. The topological polar surface area (TPSA) is 146 Å². The fraction of sp³-hybridized carbons (Fsp3) is 0.281. The third-order valence-electron chi connectivity index (χ3n) is 8.13. The number of fused-ring (bicyclic) bond motifs is 1. The van der Waals surface area contributed by atoms with Crippen molar-refractivity contribution in [3.8, 4) is 34.0 Å². The Hall–Kier alpha value is -5.01. The van der Waals surface area contributed by atoms with Crippen LogP contribution in [0.4, 0.5) is 10.1 Å². The molecule has 0 bridgehead atoms. The lowest BCUT2D eigenvalue weighted by Gasteiger charge is -2.18. The van der Waals surface area contributed by atoms with E-state index >= 15 is 4.39 Å². The van der Waals surface area contributed by atoms with Crippen molar-refractivity contribution in [2.24, 2.45) is 14.1 Å². The van der Waals surface area contributed by atoms with E-state index in [1.165, 1.54) is 33.3 Å². The molecule has 4 heterocycles. The number of carbonyl (C=O) groups excluding carboxylic acids is 2. The maximum atomic E-state index is 15.9. The van der Waals surface area contributed by atoms with E-state index in [2.05, 4.69) is 16.0 Å². The Balaban J connectivity index is 1.29. The summed E-state index contributed by atoms with van der Waals surface area (Å²) < 4.78 is 29.4. The van der Waals surface area contributed by atoms with Gasteiger partial charge in [0.15, 0.2) is 5.82 Å². The molecule has 0 aliphatic carbocycles. The standard InChI is InChI=1S/C32H30ClFN6O6/c1-39-14-20(31(43)40(2)32(39)44)29(42)37-21-9-5-7-18(28(21)34)17-6-4-8-19(27(17)33)22-12-24-26(30(38-22)45-3)23(15-46-24)35-13-16-10-11-25(41)36-16/h4-9,12,14,16,23,35H,10-11,13,15H2,1-3H3,(H,36,41)(H,37,42). The molecule has 2 amide bonds. The fourth-order valence-electron chi connectivity index (χ4n) is 5.70. The van der Waals surface area contributed by atoms with Crippen LogP contribution >= 0.6 is 11.6 Å². The fourth-order valence-corrected chi connectivity index (χ4v) is 6.03. The molecule has 1 saturated heterocycles. The molecule has 4 aromatic rings. The lowest BCUT2D eigenvalue weighted by atomic mass is 9.99. The summed E-state index contributed by atoms with van der Waals surface area (Å²) in [5.41, 5.74) is 0.231. The van der Waals surface area contributed by atoms with Crippen LogP contribution in [-0.2, 0) is 18.9 Å². The first-order valence-corrected chi connectivity index (χ1v) is 14.9. The highest BCUT2D eigenvalue weighted by molar-refractivity contribution is 6.36. The van der Waals surface area contributed by atoms with Gasteiger partial charge >= 0.3 is 5.69 Å². The summed E-state index contributed by atoms with van der Waals surface area (Å²) in [7, 11) is 4.17. The molecule has 14 heteroatoms. The van der Waals surface area contributed by atoms with Crippen molar-refractivity contribution in [2.45, 2.75) is 24.9 Å². The second-order valence-corrected chi connectivity index (χ2v) is 11.5. The van der Waals surface area contributed by atoms with Crippen LogP contribution in [0.25, 0.3) is 22.4 Å². The number of benzene rings is 2. The molecule has 2 aromatic heterocycles. The van der Waals surface area contributed by atoms with Crippen LogP contribution in [0, 0.1) is 5.82 Å². The van der Waals surface area contributed by atoms with Gasteiger partial charge < -0.3 is 30.0 Å². The van der Waals surface area contributed by atoms with E-state index in [9.17, 15) is 19.2 Å². The molecule has 0 spiro atoms. The molecule has 2 aromatic carbocycles. The van der Waals surface area contributed by atoms with Crippen molar-refractivity contribution in [1.29, 1.82) is 0 Å². The normalized spacial score (nSPS) is 16.9. The number of hydrogen-bond acceptors (Lipinski definition) is 8.